The first-order valence-corrected chi connectivity index (χ1v) is 8.66. The molecule has 1 aromatic rings. The molecule has 1 aromatic heterocycles. The van der Waals surface area contributed by atoms with Crippen LogP contribution < -0.4 is 10.6 Å². The van der Waals surface area contributed by atoms with Crippen LogP contribution >= 0.6 is 0 Å². The van der Waals surface area contributed by atoms with Crippen molar-refractivity contribution in [3.8, 4) is 0 Å². The molecular weight excluding hydrogens is 278 g/mol. The third-order valence-corrected chi connectivity index (χ3v) is 4.83. The molecule has 1 aliphatic carbocycles. The number of carbonyl (C=O) groups is 1. The molecule has 122 valence electrons. The van der Waals surface area contributed by atoms with Gasteiger partial charge in [0.25, 0.3) is 0 Å². The van der Waals surface area contributed by atoms with Gasteiger partial charge in [-0.1, -0.05) is 13.3 Å². The second-order valence-electron chi connectivity index (χ2n) is 6.70. The minimum atomic E-state index is -0.0666. The Morgan fingerprint density at radius 1 is 1.27 bits per heavy atom. The summed E-state index contributed by atoms with van der Waals surface area (Å²) in [6.45, 7) is 4.62. The van der Waals surface area contributed by atoms with Crippen molar-refractivity contribution in [3.63, 3.8) is 0 Å². The standard InChI is InChI=1S/C16H27N5O/c1-12(13-6-7-13)11-18-16(22)17-9-8-15-20-19-14-5-3-2-4-10-21(14)15/h12-13H,2-11H2,1H3,(H2,17,18,22)/t12-/m1/s1. The van der Waals surface area contributed by atoms with E-state index in [0.29, 0.717) is 12.5 Å². The Bertz CT molecular complexity index is 509. The Labute approximate surface area is 132 Å². The van der Waals surface area contributed by atoms with Crippen molar-refractivity contribution in [1.82, 2.24) is 25.4 Å². The van der Waals surface area contributed by atoms with Crippen molar-refractivity contribution in [2.24, 2.45) is 11.8 Å². The van der Waals surface area contributed by atoms with E-state index in [1.165, 1.54) is 32.1 Å². The first-order chi connectivity index (χ1) is 10.7. The molecular formula is C16H27N5O. The lowest BCUT2D eigenvalue weighted by Crippen LogP contribution is -2.39. The lowest BCUT2D eigenvalue weighted by molar-refractivity contribution is 0.238. The highest BCUT2D eigenvalue weighted by Gasteiger charge is 2.27. The summed E-state index contributed by atoms with van der Waals surface area (Å²) >= 11 is 0. The highest BCUT2D eigenvalue weighted by molar-refractivity contribution is 5.73. The number of rotatable bonds is 6. The number of urea groups is 1. The van der Waals surface area contributed by atoms with Crippen molar-refractivity contribution >= 4 is 6.03 Å². The summed E-state index contributed by atoms with van der Waals surface area (Å²) in [5.41, 5.74) is 0. The number of aryl methyl sites for hydroxylation is 1. The maximum Gasteiger partial charge on any atom is 0.314 e. The SMILES string of the molecule is C[C@H](CNC(=O)NCCc1nnc2n1CCCCC2)C1CC1. The molecule has 1 aliphatic heterocycles. The number of amides is 2. The third-order valence-electron chi connectivity index (χ3n) is 4.83. The number of hydrogen-bond acceptors (Lipinski definition) is 3. The van der Waals surface area contributed by atoms with Crippen LogP contribution in [0, 0.1) is 11.8 Å². The van der Waals surface area contributed by atoms with Crippen molar-refractivity contribution in [2.75, 3.05) is 13.1 Å². The Hall–Kier alpha value is -1.59. The fourth-order valence-electron chi connectivity index (χ4n) is 3.17. The predicted molar refractivity (Wildman–Crippen MR) is 84.6 cm³/mol. The number of nitrogens with one attached hydrogen (secondary N) is 2. The maximum atomic E-state index is 11.8. The van der Waals surface area contributed by atoms with Gasteiger partial charge in [-0.15, -0.1) is 10.2 Å². The van der Waals surface area contributed by atoms with Crippen molar-refractivity contribution in [2.45, 2.75) is 58.4 Å². The molecule has 0 bridgehead atoms. The van der Waals surface area contributed by atoms with Gasteiger partial charge >= 0.3 is 6.03 Å². The average molecular weight is 305 g/mol. The summed E-state index contributed by atoms with van der Waals surface area (Å²) in [5, 5.41) is 14.5. The van der Waals surface area contributed by atoms with E-state index >= 15 is 0 Å². The zero-order valence-electron chi connectivity index (χ0n) is 13.5. The molecule has 0 unspecified atom stereocenters. The van der Waals surface area contributed by atoms with Crippen LogP contribution in [0.2, 0.25) is 0 Å². The number of nitrogens with zero attached hydrogens (tertiary/aromatic N) is 3. The quantitative estimate of drug-likeness (QED) is 0.843. The maximum absolute atomic E-state index is 11.8. The molecule has 0 saturated heterocycles. The molecule has 6 heteroatoms. The van der Waals surface area contributed by atoms with Crippen molar-refractivity contribution in [3.05, 3.63) is 11.6 Å². The third kappa shape index (κ3) is 3.99. The van der Waals surface area contributed by atoms with Crippen LogP contribution in [0.15, 0.2) is 0 Å². The Kier molecular flexibility index (Phi) is 4.95. The predicted octanol–water partition coefficient (Wildman–Crippen LogP) is 1.89. The Balaban J connectivity index is 1.39. The molecule has 2 amide bonds. The second kappa shape index (κ2) is 7.11. The minimum absolute atomic E-state index is 0.0666. The number of aromatic nitrogens is 3. The van der Waals surface area contributed by atoms with Crippen LogP contribution in [0.5, 0.6) is 0 Å². The van der Waals surface area contributed by atoms with E-state index in [1.807, 2.05) is 0 Å². The number of hydrogen-bond donors (Lipinski definition) is 2. The van der Waals surface area contributed by atoms with E-state index in [4.69, 9.17) is 0 Å². The molecule has 0 spiro atoms. The summed E-state index contributed by atoms with van der Waals surface area (Å²) < 4.78 is 2.24. The Morgan fingerprint density at radius 2 is 2.14 bits per heavy atom. The summed E-state index contributed by atoms with van der Waals surface area (Å²) in [4.78, 5) is 11.8. The van der Waals surface area contributed by atoms with Crippen LogP contribution in [0.4, 0.5) is 4.79 Å². The zero-order valence-corrected chi connectivity index (χ0v) is 13.5. The first kappa shape index (κ1) is 15.3. The van der Waals surface area contributed by atoms with Gasteiger partial charge in [0.05, 0.1) is 0 Å². The highest BCUT2D eigenvalue weighted by atomic mass is 16.2. The lowest BCUT2D eigenvalue weighted by atomic mass is 10.1. The highest BCUT2D eigenvalue weighted by Crippen LogP contribution is 2.35. The molecule has 1 saturated carbocycles. The van der Waals surface area contributed by atoms with Gasteiger partial charge in [-0.2, -0.15) is 0 Å². The topological polar surface area (TPSA) is 71.8 Å². The van der Waals surface area contributed by atoms with Crippen molar-refractivity contribution in [1.29, 1.82) is 0 Å². The number of carbonyl (C=O) groups excluding carboxylic acids is 1. The van der Waals surface area contributed by atoms with Gasteiger partial charge in [0, 0.05) is 32.5 Å². The van der Waals surface area contributed by atoms with Gasteiger partial charge in [-0.3, -0.25) is 0 Å². The molecule has 6 nitrogen and oxygen atoms in total. The summed E-state index contributed by atoms with van der Waals surface area (Å²) in [5.74, 6) is 3.53. The first-order valence-electron chi connectivity index (χ1n) is 8.66. The van der Waals surface area contributed by atoms with E-state index in [2.05, 4.69) is 32.3 Å². The summed E-state index contributed by atoms with van der Waals surface area (Å²) in [6, 6.07) is -0.0666. The van der Waals surface area contributed by atoms with Crippen LogP contribution in [0.1, 0.15) is 50.7 Å². The lowest BCUT2D eigenvalue weighted by Gasteiger charge is -2.12. The minimum Gasteiger partial charge on any atom is -0.338 e. The van der Waals surface area contributed by atoms with Crippen LogP contribution in [0.3, 0.4) is 0 Å². The van der Waals surface area contributed by atoms with Gasteiger partial charge in [-0.05, 0) is 37.5 Å². The van der Waals surface area contributed by atoms with E-state index in [0.717, 1.165) is 43.5 Å². The molecule has 2 N–H and O–H groups in total. The van der Waals surface area contributed by atoms with Gasteiger partial charge in [-0.25, -0.2) is 4.79 Å². The largest absolute Gasteiger partial charge is 0.338 e. The molecule has 22 heavy (non-hydrogen) atoms. The van der Waals surface area contributed by atoms with Gasteiger partial charge < -0.3 is 15.2 Å². The number of fused-ring (bicyclic) bond motifs is 1. The van der Waals surface area contributed by atoms with E-state index in [9.17, 15) is 4.79 Å². The van der Waals surface area contributed by atoms with Crippen LogP contribution in [-0.4, -0.2) is 33.9 Å². The molecule has 2 heterocycles. The normalized spacial score (nSPS) is 19.1. The molecule has 1 fully saturated rings. The molecule has 0 aromatic carbocycles. The van der Waals surface area contributed by atoms with E-state index in [-0.39, 0.29) is 6.03 Å². The molecule has 3 rings (SSSR count). The Morgan fingerprint density at radius 3 is 2.95 bits per heavy atom. The fraction of sp³-hybridized carbons (Fsp3) is 0.812. The van der Waals surface area contributed by atoms with Crippen LogP contribution in [0.25, 0.3) is 0 Å². The average Bonchev–Trinajstić information content (AvgIpc) is 3.32. The molecule has 1 atom stereocenters. The van der Waals surface area contributed by atoms with E-state index < -0.39 is 0 Å². The fourth-order valence-corrected chi connectivity index (χ4v) is 3.17. The zero-order chi connectivity index (χ0) is 15.4. The summed E-state index contributed by atoms with van der Waals surface area (Å²) in [6.07, 6.45) is 8.09. The van der Waals surface area contributed by atoms with Gasteiger partial charge in [0.2, 0.25) is 0 Å². The molecule has 0 radical (unpaired) electrons. The molecule has 2 aliphatic rings. The summed E-state index contributed by atoms with van der Waals surface area (Å²) in [7, 11) is 0. The second-order valence-corrected chi connectivity index (χ2v) is 6.70. The van der Waals surface area contributed by atoms with Gasteiger partial charge in [0.15, 0.2) is 0 Å². The van der Waals surface area contributed by atoms with Crippen molar-refractivity contribution < 1.29 is 4.79 Å². The smallest absolute Gasteiger partial charge is 0.314 e. The van der Waals surface area contributed by atoms with E-state index in [1.54, 1.807) is 0 Å². The van der Waals surface area contributed by atoms with Crippen LogP contribution in [-0.2, 0) is 19.4 Å². The monoisotopic (exact) mass is 305 g/mol. The van der Waals surface area contributed by atoms with Gasteiger partial charge in [0.1, 0.15) is 11.6 Å².